The van der Waals surface area contributed by atoms with Crippen LogP contribution >= 0.6 is 0 Å². The zero-order valence-corrected chi connectivity index (χ0v) is 12.8. The number of rotatable bonds is 8. The average Bonchev–Trinajstić information content (AvgIpc) is 2.49. The van der Waals surface area contributed by atoms with Gasteiger partial charge >= 0.3 is 5.97 Å². The van der Waals surface area contributed by atoms with Gasteiger partial charge in [-0.2, -0.15) is 0 Å². The number of hydrogen-bond acceptors (Lipinski definition) is 4. The lowest BCUT2D eigenvalue weighted by Crippen LogP contribution is -2.25. The van der Waals surface area contributed by atoms with Gasteiger partial charge in [0.2, 0.25) is 0 Å². The molecule has 1 rings (SSSR count). The minimum absolute atomic E-state index is 0.227. The van der Waals surface area contributed by atoms with Gasteiger partial charge in [-0.1, -0.05) is 44.2 Å². The van der Waals surface area contributed by atoms with Crippen LogP contribution in [0.1, 0.15) is 42.6 Å². The van der Waals surface area contributed by atoms with Gasteiger partial charge in [-0.25, -0.2) is 4.79 Å². The van der Waals surface area contributed by atoms with E-state index in [0.29, 0.717) is 11.5 Å². The van der Waals surface area contributed by atoms with Crippen molar-refractivity contribution >= 4 is 11.8 Å². The van der Waals surface area contributed by atoms with E-state index in [1.807, 2.05) is 12.1 Å². The van der Waals surface area contributed by atoms with E-state index in [4.69, 9.17) is 9.47 Å². The van der Waals surface area contributed by atoms with E-state index < -0.39 is 12.1 Å². The van der Waals surface area contributed by atoms with E-state index in [9.17, 15) is 9.59 Å². The number of ether oxygens (including phenoxy) is 2. The van der Waals surface area contributed by atoms with Gasteiger partial charge in [0.05, 0.1) is 6.61 Å². The second-order valence-corrected chi connectivity index (χ2v) is 5.07. The molecule has 0 fully saturated rings. The summed E-state index contributed by atoms with van der Waals surface area (Å²) in [7, 11) is 0. The van der Waals surface area contributed by atoms with Crippen molar-refractivity contribution in [1.29, 1.82) is 0 Å². The smallest absolute Gasteiger partial charge is 0.335 e. The predicted molar refractivity (Wildman–Crippen MR) is 81.4 cm³/mol. The molecule has 4 nitrogen and oxygen atoms in total. The second kappa shape index (κ2) is 8.37. The number of carbonyl (C=O) groups is 2. The largest absolute Gasteiger partial charge is 0.455 e. The minimum atomic E-state index is -0.709. The lowest BCUT2D eigenvalue weighted by atomic mass is 10.0. The van der Waals surface area contributed by atoms with Crippen molar-refractivity contribution in [1.82, 2.24) is 0 Å². The molecular formula is C17H22O4. The molecule has 1 aromatic rings. The number of carbonyl (C=O) groups excluding carboxylic acids is 2. The molecule has 0 radical (unpaired) electrons. The summed E-state index contributed by atoms with van der Waals surface area (Å²) in [5.74, 6) is -0.367. The fourth-order valence-corrected chi connectivity index (χ4v) is 1.67. The molecule has 114 valence electrons. The van der Waals surface area contributed by atoms with Crippen LogP contribution in [0.4, 0.5) is 0 Å². The first-order chi connectivity index (χ1) is 9.95. The summed E-state index contributed by atoms with van der Waals surface area (Å²) in [5.41, 5.74) is 1.70. The van der Waals surface area contributed by atoms with E-state index in [2.05, 4.69) is 20.4 Å². The molecule has 0 aromatic heterocycles. The zero-order chi connectivity index (χ0) is 15.8. The molecule has 1 atom stereocenters. The fourth-order valence-electron chi connectivity index (χ4n) is 1.67. The third-order valence-electron chi connectivity index (χ3n) is 3.04. The predicted octanol–water partition coefficient (Wildman–Crippen LogP) is 3.13. The molecule has 0 amide bonds. The van der Waals surface area contributed by atoms with Crippen molar-refractivity contribution in [3.63, 3.8) is 0 Å². The Hall–Kier alpha value is -1.94. The van der Waals surface area contributed by atoms with Crippen LogP contribution in [0.15, 0.2) is 36.9 Å². The molecule has 1 unspecified atom stereocenters. The Kier molecular flexibility index (Phi) is 6.82. The maximum Gasteiger partial charge on any atom is 0.335 e. The third kappa shape index (κ3) is 5.52. The Morgan fingerprint density at radius 3 is 2.33 bits per heavy atom. The Morgan fingerprint density at radius 1 is 1.19 bits per heavy atom. The normalized spacial score (nSPS) is 12.0. The molecule has 4 heteroatoms. The van der Waals surface area contributed by atoms with E-state index >= 15 is 0 Å². The number of esters is 1. The van der Waals surface area contributed by atoms with Crippen LogP contribution in [0, 0.1) is 0 Å². The zero-order valence-electron chi connectivity index (χ0n) is 12.8. The molecule has 1 aromatic carbocycles. The molecule has 21 heavy (non-hydrogen) atoms. The molecule has 0 heterocycles. The second-order valence-electron chi connectivity index (χ2n) is 5.07. The molecule has 0 saturated heterocycles. The number of Topliss-reactive ketones (excluding diaryl/α,β-unsaturated/α-hetero) is 1. The Balaban J connectivity index is 2.49. The van der Waals surface area contributed by atoms with Crippen molar-refractivity contribution in [3.05, 3.63) is 48.0 Å². The van der Waals surface area contributed by atoms with Gasteiger partial charge in [-0.15, -0.1) is 6.58 Å². The highest BCUT2D eigenvalue weighted by Crippen LogP contribution is 2.15. The summed E-state index contributed by atoms with van der Waals surface area (Å²) in [6, 6.07) is 7.33. The summed E-state index contributed by atoms with van der Waals surface area (Å²) < 4.78 is 10.1. The van der Waals surface area contributed by atoms with Crippen LogP contribution in [-0.4, -0.2) is 31.1 Å². The molecule has 0 spiro atoms. The van der Waals surface area contributed by atoms with Crippen LogP contribution in [0.3, 0.4) is 0 Å². The molecule has 0 saturated carbocycles. The summed E-state index contributed by atoms with van der Waals surface area (Å²) in [5, 5.41) is 0. The van der Waals surface area contributed by atoms with Crippen LogP contribution in [-0.2, 0) is 14.3 Å². The van der Waals surface area contributed by atoms with Crippen molar-refractivity contribution in [2.75, 3.05) is 13.2 Å². The topological polar surface area (TPSA) is 52.6 Å². The molecule has 0 aliphatic carbocycles. The highest BCUT2D eigenvalue weighted by molar-refractivity contribution is 5.98. The van der Waals surface area contributed by atoms with Gasteiger partial charge in [-0.05, 0) is 18.4 Å². The maximum atomic E-state index is 11.9. The number of ketones is 1. The summed E-state index contributed by atoms with van der Waals surface area (Å²) >= 11 is 0. The van der Waals surface area contributed by atoms with E-state index in [-0.39, 0.29) is 19.0 Å². The molecular weight excluding hydrogens is 268 g/mol. The van der Waals surface area contributed by atoms with Gasteiger partial charge in [-0.3, -0.25) is 4.79 Å². The van der Waals surface area contributed by atoms with Gasteiger partial charge in [0.1, 0.15) is 0 Å². The van der Waals surface area contributed by atoms with Gasteiger partial charge in [0, 0.05) is 5.56 Å². The lowest BCUT2D eigenvalue weighted by molar-refractivity contribution is -0.154. The van der Waals surface area contributed by atoms with Crippen molar-refractivity contribution in [2.24, 2.45) is 0 Å². The van der Waals surface area contributed by atoms with Crippen molar-refractivity contribution < 1.29 is 19.1 Å². The van der Waals surface area contributed by atoms with Crippen molar-refractivity contribution in [3.8, 4) is 0 Å². The fraction of sp³-hybridized carbons (Fsp3) is 0.412. The SMILES string of the molecule is C=CCOC(C)C(=O)OCC(=O)c1ccc(C(C)C)cc1. The summed E-state index contributed by atoms with van der Waals surface area (Å²) in [6.07, 6.45) is 0.838. The van der Waals surface area contributed by atoms with Crippen LogP contribution in [0.2, 0.25) is 0 Å². The van der Waals surface area contributed by atoms with E-state index in [0.717, 1.165) is 5.56 Å². The number of hydrogen-bond donors (Lipinski definition) is 0. The quantitative estimate of drug-likeness (QED) is 0.419. The standard InChI is InChI=1S/C17H22O4/c1-5-10-20-13(4)17(19)21-11-16(18)15-8-6-14(7-9-15)12(2)3/h5-9,12-13H,1,10-11H2,2-4H3. The molecule has 0 aliphatic rings. The van der Waals surface area contributed by atoms with Gasteiger partial charge < -0.3 is 9.47 Å². The summed E-state index contributed by atoms with van der Waals surface area (Å²) in [4.78, 5) is 23.5. The average molecular weight is 290 g/mol. The first-order valence-corrected chi connectivity index (χ1v) is 6.98. The Labute approximate surface area is 125 Å². The first kappa shape index (κ1) is 17.1. The molecule has 0 N–H and O–H groups in total. The van der Waals surface area contributed by atoms with Gasteiger partial charge in [0.25, 0.3) is 0 Å². The van der Waals surface area contributed by atoms with Crippen LogP contribution in [0.25, 0.3) is 0 Å². The molecule has 0 bridgehead atoms. The van der Waals surface area contributed by atoms with E-state index in [1.54, 1.807) is 25.1 Å². The highest BCUT2D eigenvalue weighted by atomic mass is 16.6. The molecule has 0 aliphatic heterocycles. The highest BCUT2D eigenvalue weighted by Gasteiger charge is 2.16. The minimum Gasteiger partial charge on any atom is -0.455 e. The lowest BCUT2D eigenvalue weighted by Gasteiger charge is -2.11. The Morgan fingerprint density at radius 2 is 1.81 bits per heavy atom. The third-order valence-corrected chi connectivity index (χ3v) is 3.04. The van der Waals surface area contributed by atoms with Crippen LogP contribution in [0.5, 0.6) is 0 Å². The Bertz CT molecular complexity index is 488. The first-order valence-electron chi connectivity index (χ1n) is 6.98. The van der Waals surface area contributed by atoms with Crippen molar-refractivity contribution in [2.45, 2.75) is 32.8 Å². The number of benzene rings is 1. The maximum absolute atomic E-state index is 11.9. The monoisotopic (exact) mass is 290 g/mol. The van der Waals surface area contributed by atoms with Gasteiger partial charge in [0.15, 0.2) is 18.5 Å². The summed E-state index contributed by atoms with van der Waals surface area (Å²) in [6.45, 7) is 9.23. The van der Waals surface area contributed by atoms with Crippen LogP contribution < -0.4 is 0 Å². The van der Waals surface area contributed by atoms with E-state index in [1.165, 1.54) is 0 Å².